The first kappa shape index (κ1) is 16.4. The molecule has 0 saturated carbocycles. The highest BCUT2D eigenvalue weighted by atomic mass is 32.2. The van der Waals surface area contributed by atoms with Crippen molar-refractivity contribution >= 4 is 23.4 Å². The van der Waals surface area contributed by atoms with E-state index in [-0.39, 0.29) is 5.91 Å². The Kier molecular flexibility index (Phi) is 5.07. The zero-order valence-corrected chi connectivity index (χ0v) is 13.9. The van der Waals surface area contributed by atoms with Crippen LogP contribution in [0.1, 0.15) is 25.0 Å². The molecule has 1 aromatic carbocycles. The lowest BCUT2D eigenvalue weighted by Crippen LogP contribution is -2.33. The Morgan fingerprint density at radius 2 is 2.27 bits per heavy atom. The predicted octanol–water partition coefficient (Wildman–Crippen LogP) is 1.56. The Bertz CT molecular complexity index is 665. The molecule has 0 saturated heterocycles. The third-order valence-corrected chi connectivity index (χ3v) is 4.58. The first-order chi connectivity index (χ1) is 10.4. The number of nitrogens with one attached hydrogen (secondary N) is 1. The van der Waals surface area contributed by atoms with Gasteiger partial charge in [0, 0.05) is 5.69 Å². The Balaban J connectivity index is 2.13. The fourth-order valence-electron chi connectivity index (χ4n) is 2.08. The van der Waals surface area contributed by atoms with Gasteiger partial charge in [-0.2, -0.15) is 0 Å². The molecule has 1 aromatic heterocycles. The minimum absolute atomic E-state index is 0.158. The third-order valence-electron chi connectivity index (χ3n) is 3.36. The number of para-hydroxylation sites is 1. The monoisotopic (exact) mass is 321 g/mol. The number of carbonyl (C=O) groups excluding carboxylic acids is 1. The molecular weight excluding hydrogens is 302 g/mol. The fourth-order valence-corrected chi connectivity index (χ4v) is 2.90. The van der Waals surface area contributed by atoms with Crippen molar-refractivity contribution in [3.8, 4) is 5.95 Å². The number of hydrogen-bond donors (Lipinski definition) is 1. The number of carbonyl (C=O) groups is 1. The number of benzene rings is 1. The van der Waals surface area contributed by atoms with Crippen LogP contribution >= 0.6 is 11.8 Å². The van der Waals surface area contributed by atoms with Crippen molar-refractivity contribution in [1.82, 2.24) is 5.27 Å². The summed E-state index contributed by atoms with van der Waals surface area (Å²) in [5, 5.41) is 17.9. The minimum Gasteiger partial charge on any atom is -0.538 e. The van der Waals surface area contributed by atoms with Crippen LogP contribution in [0.4, 0.5) is 5.69 Å². The number of hydrogen-bond acceptors (Lipinski definition) is 5. The number of rotatable bonds is 5. The highest BCUT2D eigenvalue weighted by molar-refractivity contribution is 8.00. The number of nitrogens with zero attached hydrogens (tertiary/aromatic N) is 2. The zero-order valence-electron chi connectivity index (χ0n) is 13.0. The summed E-state index contributed by atoms with van der Waals surface area (Å²) in [6, 6.07) is 5.93. The van der Waals surface area contributed by atoms with E-state index in [0.29, 0.717) is 5.03 Å². The van der Waals surface area contributed by atoms with Gasteiger partial charge < -0.3 is 14.9 Å². The van der Waals surface area contributed by atoms with Crippen molar-refractivity contribution < 1.29 is 19.1 Å². The van der Waals surface area contributed by atoms with Crippen LogP contribution in [0.5, 0.6) is 5.95 Å². The van der Waals surface area contributed by atoms with Crippen LogP contribution in [0.3, 0.4) is 0 Å². The summed E-state index contributed by atoms with van der Waals surface area (Å²) >= 11 is 1.13. The van der Waals surface area contributed by atoms with Crippen molar-refractivity contribution in [3.05, 3.63) is 29.3 Å². The quantitative estimate of drug-likeness (QED) is 0.667. The van der Waals surface area contributed by atoms with Crippen molar-refractivity contribution in [2.24, 2.45) is 7.05 Å². The summed E-state index contributed by atoms with van der Waals surface area (Å²) in [5.41, 5.74) is 2.95. The maximum absolute atomic E-state index is 12.4. The Hall–Kier alpha value is -2.02. The van der Waals surface area contributed by atoms with E-state index in [9.17, 15) is 9.90 Å². The van der Waals surface area contributed by atoms with Gasteiger partial charge in [0.25, 0.3) is 5.03 Å². The predicted molar refractivity (Wildman–Crippen MR) is 81.6 cm³/mol. The van der Waals surface area contributed by atoms with E-state index in [0.717, 1.165) is 35.0 Å². The number of amides is 1. The molecule has 1 amide bonds. The van der Waals surface area contributed by atoms with Gasteiger partial charge in [0.1, 0.15) is 0 Å². The molecule has 0 fully saturated rings. The molecule has 0 spiro atoms. The van der Waals surface area contributed by atoms with Crippen LogP contribution in [0.25, 0.3) is 0 Å². The molecular formula is C15H19N3O3S. The second-order valence-electron chi connectivity index (χ2n) is 5.00. The average Bonchev–Trinajstić information content (AvgIpc) is 2.81. The molecule has 0 aliphatic rings. The summed E-state index contributed by atoms with van der Waals surface area (Å²) in [6.07, 6.45) is 0.837. The largest absolute Gasteiger partial charge is 0.538 e. The lowest BCUT2D eigenvalue weighted by Gasteiger charge is -2.15. The lowest BCUT2D eigenvalue weighted by molar-refractivity contribution is -0.772. The molecule has 1 heterocycles. The van der Waals surface area contributed by atoms with E-state index < -0.39 is 11.2 Å². The first-order valence-electron chi connectivity index (χ1n) is 7.03. The first-order valence-corrected chi connectivity index (χ1v) is 7.91. The molecule has 1 unspecified atom stereocenters. The minimum atomic E-state index is -0.530. The molecule has 118 valence electrons. The molecule has 0 aliphatic heterocycles. The number of aromatic nitrogens is 2. The molecule has 22 heavy (non-hydrogen) atoms. The van der Waals surface area contributed by atoms with Gasteiger partial charge >= 0.3 is 0 Å². The highest BCUT2D eigenvalue weighted by Crippen LogP contribution is 2.28. The Labute approximate surface area is 133 Å². The molecule has 1 N–H and O–H groups in total. The molecule has 0 aliphatic carbocycles. The smallest absolute Gasteiger partial charge is 0.291 e. The lowest BCUT2D eigenvalue weighted by atomic mass is 10.1. The fraction of sp³-hybridized carbons (Fsp3) is 0.400. The number of anilines is 1. The normalized spacial score (nSPS) is 12.2. The van der Waals surface area contributed by atoms with Gasteiger partial charge in [0.05, 0.1) is 10.5 Å². The van der Waals surface area contributed by atoms with Crippen LogP contribution < -0.4 is 15.1 Å². The number of thioether (sulfide) groups is 1. The summed E-state index contributed by atoms with van der Waals surface area (Å²) in [5.74, 6) is -0.688. The van der Waals surface area contributed by atoms with E-state index >= 15 is 0 Å². The van der Waals surface area contributed by atoms with E-state index in [1.807, 2.05) is 32.0 Å². The molecule has 0 radical (unpaired) electrons. The standard InChI is InChI=1S/C15H19N3O3S/c1-5-11-8-6-7-9(2)12(11)16-13(19)10(3)22-14-15(20)21-17-18(14)4/h6-8,10H,5H2,1-4H3,(H-,16,17,19,20). The molecule has 7 heteroatoms. The van der Waals surface area contributed by atoms with E-state index in [4.69, 9.17) is 0 Å². The van der Waals surface area contributed by atoms with Crippen LogP contribution in [0.2, 0.25) is 0 Å². The third kappa shape index (κ3) is 3.41. The molecule has 2 rings (SSSR count). The highest BCUT2D eigenvalue weighted by Gasteiger charge is 2.23. The summed E-state index contributed by atoms with van der Waals surface area (Å²) in [6.45, 7) is 5.75. The van der Waals surface area contributed by atoms with Crippen molar-refractivity contribution in [3.63, 3.8) is 0 Å². The van der Waals surface area contributed by atoms with Gasteiger partial charge in [-0.1, -0.05) is 29.8 Å². The van der Waals surface area contributed by atoms with Gasteiger partial charge in [-0.15, -0.1) is 0 Å². The van der Waals surface area contributed by atoms with Gasteiger partial charge in [0.15, 0.2) is 13.0 Å². The summed E-state index contributed by atoms with van der Waals surface area (Å²) in [7, 11) is 1.61. The summed E-state index contributed by atoms with van der Waals surface area (Å²) < 4.78 is 5.89. The molecule has 1 atom stereocenters. The van der Waals surface area contributed by atoms with Crippen LogP contribution in [0.15, 0.2) is 27.7 Å². The van der Waals surface area contributed by atoms with E-state index in [1.165, 1.54) is 4.68 Å². The SMILES string of the molecule is CCc1cccc(C)c1NC(=O)C(C)Sc1c([O-])on[n+]1C. The second-order valence-corrected chi connectivity index (χ2v) is 6.33. The van der Waals surface area contributed by atoms with Crippen LogP contribution in [-0.2, 0) is 18.3 Å². The van der Waals surface area contributed by atoms with Crippen molar-refractivity contribution in [1.29, 1.82) is 0 Å². The van der Waals surface area contributed by atoms with Crippen molar-refractivity contribution in [2.75, 3.05) is 5.32 Å². The summed E-state index contributed by atoms with van der Waals surface area (Å²) in [4.78, 5) is 12.4. The van der Waals surface area contributed by atoms with Gasteiger partial charge in [-0.25, -0.2) is 0 Å². The van der Waals surface area contributed by atoms with Gasteiger partial charge in [0.2, 0.25) is 5.91 Å². The molecule has 0 bridgehead atoms. The zero-order chi connectivity index (χ0) is 16.3. The van der Waals surface area contributed by atoms with E-state index in [1.54, 1.807) is 14.0 Å². The average molecular weight is 321 g/mol. The van der Waals surface area contributed by atoms with Crippen LogP contribution in [-0.4, -0.2) is 16.4 Å². The maximum atomic E-state index is 12.4. The van der Waals surface area contributed by atoms with Crippen LogP contribution in [0, 0.1) is 6.92 Å². The van der Waals surface area contributed by atoms with Gasteiger partial charge in [-0.05, 0) is 43.2 Å². The van der Waals surface area contributed by atoms with E-state index in [2.05, 4.69) is 15.1 Å². The topological polar surface area (TPSA) is 82.1 Å². The number of aryl methyl sites for hydroxylation is 3. The Morgan fingerprint density at radius 1 is 1.55 bits per heavy atom. The Morgan fingerprint density at radius 3 is 2.86 bits per heavy atom. The second kappa shape index (κ2) is 6.83. The van der Waals surface area contributed by atoms with Gasteiger partial charge in [-0.3, -0.25) is 4.79 Å². The molecule has 6 nitrogen and oxygen atoms in total. The van der Waals surface area contributed by atoms with Crippen molar-refractivity contribution in [2.45, 2.75) is 37.5 Å². The maximum Gasteiger partial charge on any atom is 0.291 e. The molecule has 2 aromatic rings.